The van der Waals surface area contributed by atoms with Crippen LogP contribution in [0.15, 0.2) is 0 Å². The fourth-order valence-corrected chi connectivity index (χ4v) is 2.02. The lowest BCUT2D eigenvalue weighted by Gasteiger charge is -2.08. The van der Waals surface area contributed by atoms with Gasteiger partial charge in [0.1, 0.15) is 0 Å². The van der Waals surface area contributed by atoms with Crippen molar-refractivity contribution in [3.63, 3.8) is 0 Å². The Morgan fingerprint density at radius 3 is 0.933 bits per heavy atom. The van der Waals surface area contributed by atoms with Crippen molar-refractivity contribution in [2.45, 2.75) is 19.8 Å². The maximum atomic E-state index is 10.5. The summed E-state index contributed by atoms with van der Waals surface area (Å²) in [5.41, 5.74) is 0. The van der Waals surface area contributed by atoms with Gasteiger partial charge in [0.15, 0.2) is 0 Å². The van der Waals surface area contributed by atoms with E-state index in [1.54, 1.807) is 0 Å². The van der Waals surface area contributed by atoms with Crippen LogP contribution in [0, 0.1) is 0 Å². The Bertz CT molecular complexity index is 348. The van der Waals surface area contributed by atoms with E-state index in [4.69, 9.17) is 49.5 Å². The Kier molecular flexibility index (Phi) is 26.4. The van der Waals surface area contributed by atoms with Crippen LogP contribution in [-0.4, -0.2) is 111 Å². The van der Waals surface area contributed by atoms with Gasteiger partial charge in [-0.05, 0) is 18.0 Å². The van der Waals surface area contributed by atoms with Gasteiger partial charge in [-0.25, -0.2) is 0 Å². The third-order valence-corrected chi connectivity index (χ3v) is 3.58. The molecule has 0 bridgehead atoms. The number of hydrogen-bond acceptors (Lipinski definition) is 9. The van der Waals surface area contributed by atoms with E-state index in [9.17, 15) is 4.79 Å². The molecule has 30 heavy (non-hydrogen) atoms. The molecule has 0 radical (unpaired) electrons. The van der Waals surface area contributed by atoms with Crippen LogP contribution in [0.25, 0.3) is 0 Å². The van der Waals surface area contributed by atoms with E-state index < -0.39 is 5.24 Å². The average Bonchev–Trinajstić information content (AvgIpc) is 2.73. The van der Waals surface area contributed by atoms with Gasteiger partial charge in [0, 0.05) is 13.0 Å². The largest absolute Gasteiger partial charge is 0.379 e. The van der Waals surface area contributed by atoms with Crippen LogP contribution < -0.4 is 0 Å². The molecule has 0 aliphatic rings. The van der Waals surface area contributed by atoms with Crippen LogP contribution in [0.4, 0.5) is 0 Å². The van der Waals surface area contributed by atoms with Crippen molar-refractivity contribution in [2.24, 2.45) is 0 Å². The zero-order valence-corrected chi connectivity index (χ0v) is 19.0. The summed E-state index contributed by atoms with van der Waals surface area (Å²) in [4.78, 5) is 10.5. The Morgan fingerprint density at radius 2 is 0.700 bits per heavy atom. The summed E-state index contributed by atoms with van der Waals surface area (Å²) in [5, 5.41) is -0.395. The summed E-state index contributed by atoms with van der Waals surface area (Å²) in [6.07, 6.45) is 1.24. The monoisotopic (exact) mass is 458 g/mol. The van der Waals surface area contributed by atoms with Gasteiger partial charge in [0.25, 0.3) is 0 Å². The highest BCUT2D eigenvalue weighted by atomic mass is 35.5. The number of ether oxygens (including phenoxy) is 8. The fourth-order valence-electron chi connectivity index (χ4n) is 1.94. The number of rotatable bonds is 26. The topological polar surface area (TPSA) is 90.9 Å². The van der Waals surface area contributed by atoms with Crippen molar-refractivity contribution in [1.29, 1.82) is 0 Å². The lowest BCUT2D eigenvalue weighted by molar-refractivity contribution is -0.112. The summed E-state index contributed by atoms with van der Waals surface area (Å²) in [7, 11) is 0. The SMILES string of the molecule is CCCOCCOCCOCCOCCOCCOCCOCCOCCC(=O)Cl. The molecule has 0 aliphatic carbocycles. The van der Waals surface area contributed by atoms with Crippen LogP contribution in [0.3, 0.4) is 0 Å². The predicted octanol–water partition coefficient (Wildman–Crippen LogP) is 1.68. The molecule has 0 aromatic carbocycles. The Hall–Kier alpha value is -0.360. The molecule has 180 valence electrons. The summed E-state index contributed by atoms with van der Waals surface area (Å²) in [6, 6.07) is 0. The first-order valence-electron chi connectivity index (χ1n) is 10.6. The minimum Gasteiger partial charge on any atom is -0.379 e. The zero-order valence-electron chi connectivity index (χ0n) is 18.3. The van der Waals surface area contributed by atoms with Crippen LogP contribution in [-0.2, 0) is 42.7 Å². The summed E-state index contributed by atoms with van der Waals surface area (Å²) >= 11 is 5.19. The summed E-state index contributed by atoms with van der Waals surface area (Å²) in [6.45, 7) is 10.5. The first kappa shape index (κ1) is 29.6. The minimum atomic E-state index is -0.395. The second kappa shape index (κ2) is 26.7. The maximum absolute atomic E-state index is 10.5. The number of halogens is 1. The van der Waals surface area contributed by atoms with E-state index >= 15 is 0 Å². The van der Waals surface area contributed by atoms with Gasteiger partial charge in [-0.2, -0.15) is 0 Å². The third kappa shape index (κ3) is 27.6. The lowest BCUT2D eigenvalue weighted by Crippen LogP contribution is -2.15. The molecule has 9 nitrogen and oxygen atoms in total. The van der Waals surface area contributed by atoms with Gasteiger partial charge < -0.3 is 37.9 Å². The lowest BCUT2D eigenvalue weighted by atomic mass is 10.5. The standard InChI is InChI=1S/C20H39ClO9/c1-2-4-23-6-8-25-10-12-27-14-16-29-18-19-30-17-15-28-13-11-26-9-7-24-5-3-20(21)22/h2-19H2,1H3. The molecular weight excluding hydrogens is 420 g/mol. The van der Waals surface area contributed by atoms with E-state index in [1.165, 1.54) is 0 Å². The van der Waals surface area contributed by atoms with E-state index in [-0.39, 0.29) is 6.42 Å². The predicted molar refractivity (Wildman–Crippen MR) is 112 cm³/mol. The molecule has 0 heterocycles. The molecule has 0 rings (SSSR count). The zero-order chi connectivity index (χ0) is 22.0. The Balaban J connectivity index is 2.99. The van der Waals surface area contributed by atoms with E-state index in [1.807, 2.05) is 0 Å². The van der Waals surface area contributed by atoms with Crippen molar-refractivity contribution < 1.29 is 42.7 Å². The van der Waals surface area contributed by atoms with Crippen molar-refractivity contribution in [1.82, 2.24) is 0 Å². The molecule has 0 spiro atoms. The first-order valence-corrected chi connectivity index (χ1v) is 11.0. The van der Waals surface area contributed by atoms with Crippen LogP contribution in [0.1, 0.15) is 19.8 Å². The molecule has 0 unspecified atom stereocenters. The highest BCUT2D eigenvalue weighted by molar-refractivity contribution is 6.63. The van der Waals surface area contributed by atoms with Crippen molar-refractivity contribution in [2.75, 3.05) is 106 Å². The highest BCUT2D eigenvalue weighted by Gasteiger charge is 1.96. The average molecular weight is 459 g/mol. The Morgan fingerprint density at radius 1 is 0.467 bits per heavy atom. The summed E-state index contributed by atoms with van der Waals surface area (Å²) < 4.78 is 42.8. The van der Waals surface area contributed by atoms with Gasteiger partial charge in [-0.15, -0.1) is 0 Å². The summed E-state index contributed by atoms with van der Waals surface area (Å²) in [5.74, 6) is 0. The maximum Gasteiger partial charge on any atom is 0.223 e. The molecule has 0 aromatic heterocycles. The number of hydrogen-bond donors (Lipinski definition) is 0. The van der Waals surface area contributed by atoms with Gasteiger partial charge in [0.2, 0.25) is 5.24 Å². The molecule has 0 fully saturated rings. The van der Waals surface area contributed by atoms with Crippen LogP contribution in [0.5, 0.6) is 0 Å². The Labute approximate surface area is 185 Å². The number of carbonyl (C=O) groups is 1. The number of carbonyl (C=O) groups excluding carboxylic acids is 1. The molecule has 0 saturated heterocycles. The second-order valence-corrected chi connectivity index (χ2v) is 6.43. The molecular formula is C20H39ClO9. The third-order valence-electron chi connectivity index (χ3n) is 3.40. The van der Waals surface area contributed by atoms with Crippen molar-refractivity contribution >= 4 is 16.8 Å². The van der Waals surface area contributed by atoms with E-state index in [2.05, 4.69) is 6.92 Å². The molecule has 0 aliphatic heterocycles. The molecule has 0 amide bonds. The minimum absolute atomic E-state index is 0.217. The van der Waals surface area contributed by atoms with E-state index in [0.29, 0.717) is 99.1 Å². The first-order chi connectivity index (χ1) is 14.8. The van der Waals surface area contributed by atoms with Gasteiger partial charge in [-0.1, -0.05) is 6.92 Å². The van der Waals surface area contributed by atoms with Gasteiger partial charge in [-0.3, -0.25) is 4.79 Å². The molecule has 0 saturated carbocycles. The van der Waals surface area contributed by atoms with Gasteiger partial charge in [0.05, 0.1) is 99.1 Å². The normalized spacial score (nSPS) is 11.3. The molecule has 0 N–H and O–H groups in total. The molecule has 10 heteroatoms. The quantitative estimate of drug-likeness (QED) is 0.142. The molecule has 0 aromatic rings. The smallest absolute Gasteiger partial charge is 0.223 e. The van der Waals surface area contributed by atoms with Crippen molar-refractivity contribution in [3.8, 4) is 0 Å². The van der Waals surface area contributed by atoms with Crippen molar-refractivity contribution in [3.05, 3.63) is 0 Å². The van der Waals surface area contributed by atoms with Crippen LogP contribution >= 0.6 is 11.6 Å². The second-order valence-electron chi connectivity index (χ2n) is 6.00. The highest BCUT2D eigenvalue weighted by Crippen LogP contribution is 1.90. The molecule has 0 atom stereocenters. The van der Waals surface area contributed by atoms with Gasteiger partial charge >= 0.3 is 0 Å². The fraction of sp³-hybridized carbons (Fsp3) is 0.950. The van der Waals surface area contributed by atoms with Crippen LogP contribution in [0.2, 0.25) is 0 Å². The van der Waals surface area contributed by atoms with E-state index in [0.717, 1.165) is 13.0 Å².